The normalized spacial score (nSPS) is 12.9. The van der Waals surface area contributed by atoms with E-state index in [9.17, 15) is 13.2 Å². The number of nitrogens with one attached hydrogen (secondary N) is 1. The van der Waals surface area contributed by atoms with Crippen LogP contribution in [0.2, 0.25) is 0 Å². The van der Waals surface area contributed by atoms with E-state index in [4.69, 9.17) is 4.74 Å². The van der Waals surface area contributed by atoms with Gasteiger partial charge in [0.1, 0.15) is 0 Å². The molecule has 1 aromatic carbocycles. The summed E-state index contributed by atoms with van der Waals surface area (Å²) in [7, 11) is -0.925. The molecular formula is C15H19N3O4S. The summed E-state index contributed by atoms with van der Waals surface area (Å²) in [5.41, 5.74) is 1.30. The number of methoxy groups -OCH3 is 1. The Morgan fingerprint density at radius 1 is 1.39 bits per heavy atom. The third-order valence-electron chi connectivity index (χ3n) is 3.47. The largest absolute Gasteiger partial charge is 0.465 e. The number of hydrogen-bond acceptors (Lipinski definition) is 5. The molecule has 7 nitrogen and oxygen atoms in total. The number of sulfonamides is 1. The van der Waals surface area contributed by atoms with E-state index in [-0.39, 0.29) is 10.5 Å². The molecule has 0 aliphatic heterocycles. The average Bonchev–Trinajstić information content (AvgIpc) is 2.92. The SMILES string of the molecule is COC(=O)c1c(C)cccc1S(=O)(=O)N[C@H](C)c1cnn(C)c1. The number of carbonyl (C=O) groups excluding carboxylic acids is 1. The molecule has 0 radical (unpaired) electrons. The number of rotatable bonds is 5. The highest BCUT2D eigenvalue weighted by molar-refractivity contribution is 7.89. The van der Waals surface area contributed by atoms with Crippen LogP contribution in [0.1, 0.15) is 34.5 Å². The first kappa shape index (κ1) is 17.2. The highest BCUT2D eigenvalue weighted by atomic mass is 32.2. The van der Waals surface area contributed by atoms with Gasteiger partial charge in [-0.3, -0.25) is 4.68 Å². The van der Waals surface area contributed by atoms with Crippen molar-refractivity contribution in [1.29, 1.82) is 0 Å². The van der Waals surface area contributed by atoms with E-state index in [2.05, 4.69) is 9.82 Å². The number of aryl methyl sites for hydroxylation is 2. The zero-order chi connectivity index (χ0) is 17.2. The Labute approximate surface area is 135 Å². The minimum atomic E-state index is -3.89. The van der Waals surface area contributed by atoms with Crippen molar-refractivity contribution in [2.75, 3.05) is 7.11 Å². The Balaban J connectivity index is 2.40. The van der Waals surface area contributed by atoms with Gasteiger partial charge in [-0.05, 0) is 25.5 Å². The Bertz CT molecular complexity index is 827. The van der Waals surface area contributed by atoms with Gasteiger partial charge < -0.3 is 4.74 Å². The van der Waals surface area contributed by atoms with Gasteiger partial charge in [-0.25, -0.2) is 17.9 Å². The molecule has 1 heterocycles. The van der Waals surface area contributed by atoms with Gasteiger partial charge in [0.15, 0.2) is 0 Å². The van der Waals surface area contributed by atoms with Gasteiger partial charge >= 0.3 is 5.97 Å². The molecule has 2 rings (SSSR count). The summed E-state index contributed by atoms with van der Waals surface area (Å²) >= 11 is 0. The second-order valence-corrected chi connectivity index (χ2v) is 6.91. The number of nitrogens with zero attached hydrogens (tertiary/aromatic N) is 2. The molecule has 0 saturated carbocycles. The van der Waals surface area contributed by atoms with Crippen LogP contribution >= 0.6 is 0 Å². The summed E-state index contributed by atoms with van der Waals surface area (Å²) in [5.74, 6) is -0.683. The summed E-state index contributed by atoms with van der Waals surface area (Å²) in [5, 5.41) is 4.02. The van der Waals surface area contributed by atoms with Crippen LogP contribution < -0.4 is 4.72 Å². The second kappa shape index (κ2) is 6.51. The van der Waals surface area contributed by atoms with Crippen LogP contribution in [0.3, 0.4) is 0 Å². The van der Waals surface area contributed by atoms with Crippen LogP contribution in [0.15, 0.2) is 35.5 Å². The number of esters is 1. The van der Waals surface area contributed by atoms with Crippen molar-refractivity contribution in [2.24, 2.45) is 7.05 Å². The molecule has 0 unspecified atom stereocenters. The monoisotopic (exact) mass is 337 g/mol. The summed E-state index contributed by atoms with van der Waals surface area (Å²) < 4.78 is 34.2. The van der Waals surface area contributed by atoms with E-state index in [1.165, 1.54) is 13.2 Å². The minimum Gasteiger partial charge on any atom is -0.465 e. The summed E-state index contributed by atoms with van der Waals surface area (Å²) in [4.78, 5) is 11.8. The van der Waals surface area contributed by atoms with Crippen LogP contribution in [0.4, 0.5) is 0 Å². The first-order valence-corrected chi connectivity index (χ1v) is 8.43. The van der Waals surface area contributed by atoms with E-state index in [1.807, 2.05) is 0 Å². The Kier molecular flexibility index (Phi) is 4.86. The van der Waals surface area contributed by atoms with Crippen molar-refractivity contribution in [3.63, 3.8) is 0 Å². The molecule has 8 heteroatoms. The second-order valence-electron chi connectivity index (χ2n) is 5.23. The van der Waals surface area contributed by atoms with Crippen molar-refractivity contribution >= 4 is 16.0 Å². The van der Waals surface area contributed by atoms with Gasteiger partial charge in [0.25, 0.3) is 0 Å². The number of ether oxygens (including phenoxy) is 1. The minimum absolute atomic E-state index is 0.0425. The molecule has 0 fully saturated rings. The van der Waals surface area contributed by atoms with E-state index in [1.54, 1.807) is 50.1 Å². The van der Waals surface area contributed by atoms with Gasteiger partial charge in [-0.15, -0.1) is 0 Å². The molecule has 0 spiro atoms. The molecular weight excluding hydrogens is 318 g/mol. The number of benzene rings is 1. The van der Waals surface area contributed by atoms with Crippen molar-refractivity contribution in [3.8, 4) is 0 Å². The molecule has 23 heavy (non-hydrogen) atoms. The lowest BCUT2D eigenvalue weighted by atomic mass is 10.1. The predicted molar refractivity (Wildman–Crippen MR) is 84.5 cm³/mol. The number of aromatic nitrogens is 2. The Morgan fingerprint density at radius 2 is 2.09 bits per heavy atom. The first-order valence-electron chi connectivity index (χ1n) is 6.95. The summed E-state index contributed by atoms with van der Waals surface area (Å²) in [6.45, 7) is 3.37. The van der Waals surface area contributed by atoms with Crippen molar-refractivity contribution in [1.82, 2.24) is 14.5 Å². The van der Waals surface area contributed by atoms with Crippen LogP contribution in [-0.2, 0) is 21.8 Å². The summed E-state index contributed by atoms with van der Waals surface area (Å²) in [6.07, 6.45) is 3.31. The fraction of sp³-hybridized carbons (Fsp3) is 0.333. The predicted octanol–water partition coefficient (Wildman–Crippen LogP) is 1.55. The smallest absolute Gasteiger partial charge is 0.339 e. The molecule has 2 aromatic rings. The third-order valence-corrected chi connectivity index (χ3v) is 5.05. The first-order chi connectivity index (χ1) is 10.8. The Morgan fingerprint density at radius 3 is 2.65 bits per heavy atom. The molecule has 124 valence electrons. The lowest BCUT2D eigenvalue weighted by Crippen LogP contribution is -2.28. The molecule has 0 aliphatic carbocycles. The molecule has 0 aliphatic rings. The van der Waals surface area contributed by atoms with Gasteiger partial charge in [-0.1, -0.05) is 12.1 Å². The third kappa shape index (κ3) is 3.59. The quantitative estimate of drug-likeness (QED) is 0.836. The fourth-order valence-corrected chi connectivity index (χ4v) is 3.76. The molecule has 1 atom stereocenters. The van der Waals surface area contributed by atoms with Gasteiger partial charge in [-0.2, -0.15) is 5.10 Å². The Hall–Kier alpha value is -2.19. The average molecular weight is 337 g/mol. The molecule has 0 bridgehead atoms. The highest BCUT2D eigenvalue weighted by Crippen LogP contribution is 2.22. The molecule has 0 amide bonds. The van der Waals surface area contributed by atoms with Crippen molar-refractivity contribution in [2.45, 2.75) is 24.8 Å². The van der Waals surface area contributed by atoms with E-state index >= 15 is 0 Å². The van der Waals surface area contributed by atoms with E-state index < -0.39 is 22.0 Å². The molecule has 0 saturated heterocycles. The van der Waals surface area contributed by atoms with E-state index in [0.29, 0.717) is 5.56 Å². The summed E-state index contributed by atoms with van der Waals surface area (Å²) in [6, 6.07) is 4.15. The topological polar surface area (TPSA) is 90.3 Å². The lowest BCUT2D eigenvalue weighted by Gasteiger charge is -2.15. The number of hydrogen-bond donors (Lipinski definition) is 1. The maximum absolute atomic E-state index is 12.7. The van der Waals surface area contributed by atoms with Gasteiger partial charge in [0.05, 0.1) is 23.8 Å². The maximum atomic E-state index is 12.7. The maximum Gasteiger partial charge on any atom is 0.339 e. The van der Waals surface area contributed by atoms with Crippen LogP contribution in [0.5, 0.6) is 0 Å². The van der Waals surface area contributed by atoms with Crippen molar-refractivity contribution < 1.29 is 17.9 Å². The zero-order valence-electron chi connectivity index (χ0n) is 13.4. The van der Waals surface area contributed by atoms with Crippen molar-refractivity contribution in [3.05, 3.63) is 47.3 Å². The van der Waals surface area contributed by atoms with E-state index in [0.717, 1.165) is 5.56 Å². The lowest BCUT2D eigenvalue weighted by molar-refractivity contribution is 0.0595. The van der Waals surface area contributed by atoms with Crippen LogP contribution in [0, 0.1) is 6.92 Å². The zero-order valence-corrected chi connectivity index (χ0v) is 14.2. The standard InChI is InChI=1S/C15H19N3O4S/c1-10-6-5-7-13(14(10)15(19)22-4)23(20,21)17-11(2)12-8-16-18(3)9-12/h5-9,11,17H,1-4H3/t11-/m1/s1. The van der Waals surface area contributed by atoms with Gasteiger partial charge in [0, 0.05) is 24.8 Å². The highest BCUT2D eigenvalue weighted by Gasteiger charge is 2.26. The van der Waals surface area contributed by atoms with Gasteiger partial charge in [0.2, 0.25) is 10.0 Å². The molecule has 1 aromatic heterocycles. The number of carbonyl (C=O) groups is 1. The fourth-order valence-electron chi connectivity index (χ4n) is 2.26. The van der Waals surface area contributed by atoms with Crippen LogP contribution in [-0.4, -0.2) is 31.3 Å². The van der Waals surface area contributed by atoms with Crippen LogP contribution in [0.25, 0.3) is 0 Å². The molecule has 1 N–H and O–H groups in total.